The van der Waals surface area contributed by atoms with Gasteiger partial charge in [0.15, 0.2) is 0 Å². The number of furan rings is 1. The van der Waals surface area contributed by atoms with Crippen LogP contribution >= 0.6 is 0 Å². The van der Waals surface area contributed by atoms with Gasteiger partial charge in [0.05, 0.1) is 18.6 Å². The number of hydrogen-bond donors (Lipinski definition) is 2. The van der Waals surface area contributed by atoms with Gasteiger partial charge in [0.25, 0.3) is 0 Å². The van der Waals surface area contributed by atoms with E-state index in [0.717, 1.165) is 5.56 Å². The smallest absolute Gasteiger partial charge is 0.242 e. The van der Waals surface area contributed by atoms with E-state index in [2.05, 4.69) is 10.6 Å². The number of sulfonamides is 1. The van der Waals surface area contributed by atoms with Crippen LogP contribution in [0, 0.1) is 5.92 Å². The quantitative estimate of drug-likeness (QED) is 0.658. The van der Waals surface area contributed by atoms with Crippen LogP contribution < -0.4 is 10.6 Å². The van der Waals surface area contributed by atoms with Gasteiger partial charge < -0.3 is 15.1 Å². The molecule has 1 aromatic carbocycles. The van der Waals surface area contributed by atoms with Gasteiger partial charge in [-0.1, -0.05) is 30.3 Å². The lowest BCUT2D eigenvalue weighted by Crippen LogP contribution is -2.49. The van der Waals surface area contributed by atoms with E-state index in [1.54, 1.807) is 31.2 Å². The summed E-state index contributed by atoms with van der Waals surface area (Å²) >= 11 is 0. The Morgan fingerprint density at radius 3 is 2.47 bits per heavy atom. The van der Waals surface area contributed by atoms with E-state index in [9.17, 15) is 18.0 Å². The standard InChI is InChI=1S/C21H27N3O5S/c1-16(20(25)22-14-19-8-5-13-29-19)23-21(26)18-9-11-24(12-10-18)30(27,28)15-17-6-3-2-4-7-17/h2-8,13,16,18H,9-12,14-15H2,1H3,(H,22,25)(H,23,26). The summed E-state index contributed by atoms with van der Waals surface area (Å²) in [5.74, 6) is -0.254. The molecular formula is C21H27N3O5S. The van der Waals surface area contributed by atoms with E-state index in [-0.39, 0.29) is 30.0 Å². The van der Waals surface area contributed by atoms with E-state index in [1.807, 2.05) is 18.2 Å². The van der Waals surface area contributed by atoms with Crippen LogP contribution in [0.4, 0.5) is 0 Å². The van der Waals surface area contributed by atoms with Crippen LogP contribution in [0.15, 0.2) is 53.1 Å². The lowest BCUT2D eigenvalue weighted by molar-refractivity contribution is -0.131. The molecule has 0 saturated carbocycles. The van der Waals surface area contributed by atoms with E-state index in [0.29, 0.717) is 31.7 Å². The van der Waals surface area contributed by atoms with Crippen molar-refractivity contribution in [1.82, 2.24) is 14.9 Å². The Hall–Kier alpha value is -2.65. The highest BCUT2D eigenvalue weighted by Crippen LogP contribution is 2.22. The number of piperidine rings is 1. The van der Waals surface area contributed by atoms with Gasteiger partial charge in [0, 0.05) is 19.0 Å². The molecule has 1 atom stereocenters. The van der Waals surface area contributed by atoms with E-state index in [1.165, 1.54) is 10.6 Å². The van der Waals surface area contributed by atoms with Crippen molar-refractivity contribution in [3.63, 3.8) is 0 Å². The second-order valence-electron chi connectivity index (χ2n) is 7.44. The van der Waals surface area contributed by atoms with Gasteiger partial charge in [-0.15, -0.1) is 0 Å². The van der Waals surface area contributed by atoms with Crippen molar-refractivity contribution >= 4 is 21.8 Å². The number of amides is 2. The van der Waals surface area contributed by atoms with Gasteiger partial charge >= 0.3 is 0 Å². The minimum Gasteiger partial charge on any atom is -0.467 e. The highest BCUT2D eigenvalue weighted by molar-refractivity contribution is 7.88. The molecule has 1 fully saturated rings. The van der Waals surface area contributed by atoms with Crippen LogP contribution in [0.5, 0.6) is 0 Å². The SMILES string of the molecule is CC(NC(=O)C1CCN(S(=O)(=O)Cc2ccccc2)CC1)C(=O)NCc1ccco1. The molecule has 9 heteroatoms. The number of hydrogen-bond acceptors (Lipinski definition) is 5. The summed E-state index contributed by atoms with van der Waals surface area (Å²) in [6.07, 6.45) is 2.39. The average molecular weight is 434 g/mol. The van der Waals surface area contributed by atoms with Gasteiger partial charge in [-0.25, -0.2) is 12.7 Å². The first-order valence-corrected chi connectivity index (χ1v) is 11.6. The predicted octanol–water partition coefficient (Wildman–Crippen LogP) is 1.64. The lowest BCUT2D eigenvalue weighted by atomic mass is 9.97. The second kappa shape index (κ2) is 9.90. The fourth-order valence-electron chi connectivity index (χ4n) is 3.41. The van der Waals surface area contributed by atoms with Crippen molar-refractivity contribution < 1.29 is 22.4 Å². The molecule has 2 amide bonds. The molecule has 1 aliphatic rings. The number of nitrogens with zero attached hydrogens (tertiary/aromatic N) is 1. The summed E-state index contributed by atoms with van der Waals surface area (Å²) in [7, 11) is -3.42. The fourth-order valence-corrected chi connectivity index (χ4v) is 4.97. The van der Waals surface area contributed by atoms with Crippen LogP contribution in [0.3, 0.4) is 0 Å². The van der Waals surface area contributed by atoms with Gasteiger partial charge in [-0.3, -0.25) is 9.59 Å². The second-order valence-corrected chi connectivity index (χ2v) is 9.41. The van der Waals surface area contributed by atoms with Crippen LogP contribution in [0.2, 0.25) is 0 Å². The maximum absolute atomic E-state index is 12.6. The average Bonchev–Trinajstić information content (AvgIpc) is 3.26. The maximum atomic E-state index is 12.6. The fraction of sp³-hybridized carbons (Fsp3) is 0.429. The molecule has 3 rings (SSSR count). The number of nitrogens with one attached hydrogen (secondary N) is 2. The maximum Gasteiger partial charge on any atom is 0.242 e. The van der Waals surface area contributed by atoms with Gasteiger partial charge in [0.2, 0.25) is 21.8 Å². The summed E-state index contributed by atoms with van der Waals surface area (Å²) in [6.45, 7) is 2.47. The Labute approximate surface area is 176 Å². The summed E-state index contributed by atoms with van der Waals surface area (Å²) in [6, 6.07) is 11.8. The predicted molar refractivity (Wildman–Crippen MR) is 112 cm³/mol. The van der Waals surface area contributed by atoms with Crippen molar-refractivity contribution in [3.8, 4) is 0 Å². The Morgan fingerprint density at radius 1 is 1.13 bits per heavy atom. The molecule has 1 saturated heterocycles. The molecule has 0 spiro atoms. The third-order valence-corrected chi connectivity index (χ3v) is 7.03. The summed E-state index contributed by atoms with van der Waals surface area (Å²) in [5, 5.41) is 5.43. The summed E-state index contributed by atoms with van der Waals surface area (Å²) in [5.41, 5.74) is 0.742. The Balaban J connectivity index is 1.44. The van der Waals surface area contributed by atoms with E-state index < -0.39 is 16.1 Å². The molecule has 2 N–H and O–H groups in total. The molecule has 8 nitrogen and oxygen atoms in total. The summed E-state index contributed by atoms with van der Waals surface area (Å²) in [4.78, 5) is 24.7. The van der Waals surface area contributed by atoms with Gasteiger partial charge in [-0.05, 0) is 37.5 Å². The summed E-state index contributed by atoms with van der Waals surface area (Å²) < 4.78 is 31.9. The van der Waals surface area contributed by atoms with E-state index in [4.69, 9.17) is 4.42 Å². The molecule has 1 aliphatic heterocycles. The number of carbonyl (C=O) groups excluding carboxylic acids is 2. The van der Waals surface area contributed by atoms with Crippen molar-refractivity contribution in [2.24, 2.45) is 5.92 Å². The first-order chi connectivity index (χ1) is 14.3. The molecule has 0 aliphatic carbocycles. The van der Waals surface area contributed by atoms with Crippen LogP contribution in [0.25, 0.3) is 0 Å². The van der Waals surface area contributed by atoms with Crippen LogP contribution in [0.1, 0.15) is 31.1 Å². The first-order valence-electron chi connectivity index (χ1n) is 9.97. The molecule has 2 aromatic rings. The zero-order valence-corrected chi connectivity index (χ0v) is 17.7. The minimum atomic E-state index is -3.42. The molecular weight excluding hydrogens is 406 g/mol. The first kappa shape index (κ1) is 22.0. The Morgan fingerprint density at radius 2 is 1.83 bits per heavy atom. The molecule has 2 heterocycles. The third kappa shape index (κ3) is 5.93. The van der Waals surface area contributed by atoms with Crippen molar-refractivity contribution in [2.45, 2.75) is 38.1 Å². The van der Waals surface area contributed by atoms with Crippen molar-refractivity contribution in [2.75, 3.05) is 13.1 Å². The molecule has 0 bridgehead atoms. The molecule has 162 valence electrons. The number of benzene rings is 1. The molecule has 1 aromatic heterocycles. The van der Waals surface area contributed by atoms with Crippen LogP contribution in [-0.2, 0) is 31.9 Å². The lowest BCUT2D eigenvalue weighted by Gasteiger charge is -2.31. The Kier molecular flexibility index (Phi) is 7.28. The number of carbonyl (C=O) groups is 2. The zero-order valence-electron chi connectivity index (χ0n) is 16.9. The van der Waals surface area contributed by atoms with Gasteiger partial charge in [-0.2, -0.15) is 0 Å². The monoisotopic (exact) mass is 433 g/mol. The van der Waals surface area contributed by atoms with Crippen molar-refractivity contribution in [3.05, 3.63) is 60.1 Å². The van der Waals surface area contributed by atoms with Gasteiger partial charge in [0.1, 0.15) is 11.8 Å². The van der Waals surface area contributed by atoms with Crippen LogP contribution in [-0.4, -0.2) is 43.7 Å². The Bertz CT molecular complexity index is 936. The molecule has 0 radical (unpaired) electrons. The highest BCUT2D eigenvalue weighted by Gasteiger charge is 2.32. The highest BCUT2D eigenvalue weighted by atomic mass is 32.2. The third-order valence-electron chi connectivity index (χ3n) is 5.18. The number of rotatable bonds is 8. The normalized spacial score (nSPS) is 16.7. The zero-order chi connectivity index (χ0) is 21.6. The van der Waals surface area contributed by atoms with Crippen molar-refractivity contribution in [1.29, 1.82) is 0 Å². The topological polar surface area (TPSA) is 109 Å². The minimum absolute atomic E-state index is 0.0441. The molecule has 1 unspecified atom stereocenters. The molecule has 30 heavy (non-hydrogen) atoms. The van der Waals surface area contributed by atoms with E-state index >= 15 is 0 Å². The largest absolute Gasteiger partial charge is 0.467 e.